The first-order valence-electron chi connectivity index (χ1n) is 13.6. The van der Waals surface area contributed by atoms with Crippen molar-refractivity contribution in [1.82, 2.24) is 0 Å². The Labute approximate surface area is 237 Å². The first-order chi connectivity index (χ1) is 20.0. The van der Waals surface area contributed by atoms with Crippen LogP contribution in [0, 0.1) is 5.41 Å². The van der Waals surface area contributed by atoms with Crippen LogP contribution in [0.1, 0.15) is 48.1 Å². The van der Waals surface area contributed by atoms with Crippen molar-refractivity contribution in [3.8, 4) is 11.5 Å². The van der Waals surface area contributed by atoms with Gasteiger partial charge in [0.15, 0.2) is 28.8 Å². The van der Waals surface area contributed by atoms with Crippen LogP contribution >= 0.6 is 0 Å². The van der Waals surface area contributed by atoms with Gasteiger partial charge in [-0.15, -0.1) is 0 Å². The van der Waals surface area contributed by atoms with Gasteiger partial charge in [-0.2, -0.15) is 0 Å². The first-order valence-corrected chi connectivity index (χ1v) is 13.6. The number of methoxy groups -OCH3 is 2. The Morgan fingerprint density at radius 3 is 2.07 bits per heavy atom. The summed E-state index contributed by atoms with van der Waals surface area (Å²) in [6.45, 7) is 0. The number of hydrogen-bond donors (Lipinski definition) is 0. The summed E-state index contributed by atoms with van der Waals surface area (Å²) in [6.07, 6.45) is 3.89. The van der Waals surface area contributed by atoms with Gasteiger partial charge in [0, 0.05) is 28.3 Å². The van der Waals surface area contributed by atoms with Crippen molar-refractivity contribution < 1.29 is 23.9 Å². The number of rotatable bonds is 5. The number of carbonyl (C=O) groups is 3. The van der Waals surface area contributed by atoms with E-state index in [0.717, 1.165) is 11.3 Å². The zero-order valence-electron chi connectivity index (χ0n) is 22.6. The van der Waals surface area contributed by atoms with Crippen LogP contribution in [-0.4, -0.2) is 43.7 Å². The SMILES string of the molecule is COc1ccc(C2C(C(=O)c3ccccc3)N3c4ccccc4C=CC3C23C(=O)c2ccccc2C3=O)cc1OC. The molecular formula is C35H27NO5. The number of fused-ring (bicyclic) bond motifs is 5. The molecule has 4 aromatic rings. The minimum Gasteiger partial charge on any atom is -0.493 e. The van der Waals surface area contributed by atoms with E-state index in [9.17, 15) is 14.4 Å². The molecule has 0 aromatic heterocycles. The van der Waals surface area contributed by atoms with Crippen LogP contribution in [-0.2, 0) is 0 Å². The first kappa shape index (κ1) is 25.0. The number of para-hydroxylation sites is 1. The van der Waals surface area contributed by atoms with Crippen molar-refractivity contribution in [2.75, 3.05) is 19.1 Å². The summed E-state index contributed by atoms with van der Waals surface area (Å²) >= 11 is 0. The smallest absolute Gasteiger partial charge is 0.185 e. The predicted molar refractivity (Wildman–Crippen MR) is 156 cm³/mol. The normalized spacial score (nSPS) is 21.4. The summed E-state index contributed by atoms with van der Waals surface area (Å²) in [7, 11) is 3.10. The Morgan fingerprint density at radius 2 is 1.39 bits per heavy atom. The maximum atomic E-state index is 14.7. The van der Waals surface area contributed by atoms with Gasteiger partial charge in [-0.1, -0.05) is 91.0 Å². The molecule has 0 bridgehead atoms. The number of benzene rings is 4. The van der Waals surface area contributed by atoms with Gasteiger partial charge in [0.05, 0.1) is 20.3 Å². The van der Waals surface area contributed by atoms with E-state index < -0.39 is 23.4 Å². The van der Waals surface area contributed by atoms with Crippen LogP contribution < -0.4 is 14.4 Å². The Balaban J connectivity index is 1.56. The average molecular weight is 542 g/mol. The zero-order chi connectivity index (χ0) is 28.3. The zero-order valence-corrected chi connectivity index (χ0v) is 22.6. The molecule has 0 saturated carbocycles. The maximum Gasteiger partial charge on any atom is 0.185 e. The largest absolute Gasteiger partial charge is 0.493 e. The van der Waals surface area contributed by atoms with Gasteiger partial charge < -0.3 is 14.4 Å². The number of hydrogen-bond acceptors (Lipinski definition) is 6. The van der Waals surface area contributed by atoms with Crippen molar-refractivity contribution >= 4 is 29.1 Å². The molecule has 0 amide bonds. The molecule has 1 aliphatic carbocycles. The molecule has 1 spiro atoms. The van der Waals surface area contributed by atoms with Crippen molar-refractivity contribution in [3.05, 3.63) is 131 Å². The lowest BCUT2D eigenvalue weighted by molar-refractivity contribution is 0.0665. The molecule has 1 fully saturated rings. The van der Waals surface area contributed by atoms with Crippen molar-refractivity contribution in [1.29, 1.82) is 0 Å². The quantitative estimate of drug-likeness (QED) is 0.227. The lowest BCUT2D eigenvalue weighted by Gasteiger charge is -2.37. The fraction of sp³-hybridized carbons (Fsp3) is 0.171. The Bertz CT molecular complexity index is 1720. The van der Waals surface area contributed by atoms with E-state index in [1.165, 1.54) is 0 Å². The van der Waals surface area contributed by atoms with Crippen LogP contribution in [0.25, 0.3) is 6.08 Å². The maximum absolute atomic E-state index is 14.7. The van der Waals surface area contributed by atoms with Crippen molar-refractivity contribution in [3.63, 3.8) is 0 Å². The van der Waals surface area contributed by atoms with Gasteiger partial charge in [-0.05, 0) is 29.3 Å². The second kappa shape index (κ2) is 9.30. The van der Waals surface area contributed by atoms with Crippen molar-refractivity contribution in [2.45, 2.75) is 18.0 Å². The third kappa shape index (κ3) is 3.34. The highest BCUT2D eigenvalue weighted by atomic mass is 16.5. The summed E-state index contributed by atoms with van der Waals surface area (Å²) < 4.78 is 11.2. The lowest BCUT2D eigenvalue weighted by Crippen LogP contribution is -2.48. The monoisotopic (exact) mass is 541 g/mol. The Kier molecular flexibility index (Phi) is 5.68. The molecule has 0 radical (unpaired) electrons. The predicted octanol–water partition coefficient (Wildman–Crippen LogP) is 6.02. The van der Waals surface area contributed by atoms with Crippen LogP contribution in [0.3, 0.4) is 0 Å². The number of ketones is 3. The lowest BCUT2D eigenvalue weighted by atomic mass is 9.64. The molecule has 1 saturated heterocycles. The van der Waals surface area contributed by atoms with Gasteiger partial charge in [0.2, 0.25) is 0 Å². The van der Waals surface area contributed by atoms with E-state index in [0.29, 0.717) is 33.8 Å². The van der Waals surface area contributed by atoms with E-state index in [4.69, 9.17) is 9.47 Å². The summed E-state index contributed by atoms with van der Waals surface area (Å²) in [5, 5.41) is 0. The van der Waals surface area contributed by atoms with Crippen LogP contribution in [0.2, 0.25) is 0 Å². The minimum absolute atomic E-state index is 0.158. The fourth-order valence-electron chi connectivity index (χ4n) is 7.11. The average Bonchev–Trinajstić information content (AvgIpc) is 3.47. The third-order valence-electron chi connectivity index (χ3n) is 8.81. The molecule has 3 aliphatic rings. The molecule has 6 nitrogen and oxygen atoms in total. The molecule has 3 unspecified atom stereocenters. The van der Waals surface area contributed by atoms with E-state index in [1.807, 2.05) is 65.6 Å². The van der Waals surface area contributed by atoms with E-state index >= 15 is 0 Å². The highest BCUT2D eigenvalue weighted by Gasteiger charge is 2.71. The van der Waals surface area contributed by atoms with Crippen LogP contribution in [0.5, 0.6) is 11.5 Å². The number of nitrogens with zero attached hydrogens (tertiary/aromatic N) is 1. The summed E-state index contributed by atoms with van der Waals surface area (Å²) in [6, 6.07) is 27.7. The molecule has 7 rings (SSSR count). The van der Waals surface area contributed by atoms with Gasteiger partial charge in [0.25, 0.3) is 0 Å². The summed E-state index contributed by atoms with van der Waals surface area (Å²) in [5.41, 5.74) is 2.13. The molecule has 4 aromatic carbocycles. The van der Waals surface area contributed by atoms with Gasteiger partial charge in [-0.25, -0.2) is 0 Å². The Hall–Kier alpha value is -4.97. The van der Waals surface area contributed by atoms with Crippen LogP contribution in [0.4, 0.5) is 5.69 Å². The minimum atomic E-state index is -1.57. The van der Waals surface area contributed by atoms with E-state index in [2.05, 4.69) is 0 Å². The molecule has 2 heterocycles. The van der Waals surface area contributed by atoms with E-state index in [1.54, 1.807) is 62.8 Å². The second-order valence-corrected chi connectivity index (χ2v) is 10.6. The second-order valence-electron chi connectivity index (χ2n) is 10.6. The van der Waals surface area contributed by atoms with Gasteiger partial charge in [0.1, 0.15) is 11.5 Å². The topological polar surface area (TPSA) is 72.9 Å². The number of ether oxygens (including phenoxy) is 2. The van der Waals surface area contributed by atoms with E-state index in [-0.39, 0.29) is 17.3 Å². The highest BCUT2D eigenvalue weighted by molar-refractivity contribution is 6.32. The molecule has 202 valence electrons. The standard InChI is InChI=1S/C35H27NO5/c1-40-27-18-16-23(20-28(27)41-2)30-31(32(37)22-11-4-3-5-12-22)36-26-15-9-6-10-21(26)17-19-29(36)35(30)33(38)24-13-7-8-14-25(24)34(35)39/h3-20,29-31H,1-2H3. The molecule has 2 aliphatic heterocycles. The Morgan fingerprint density at radius 1 is 0.756 bits per heavy atom. The van der Waals surface area contributed by atoms with Gasteiger partial charge in [-0.3, -0.25) is 14.4 Å². The number of anilines is 1. The van der Waals surface area contributed by atoms with Crippen LogP contribution in [0.15, 0.2) is 103 Å². The summed E-state index contributed by atoms with van der Waals surface area (Å²) in [5.74, 6) is -0.524. The summed E-state index contributed by atoms with van der Waals surface area (Å²) in [4.78, 5) is 46.1. The molecule has 0 N–H and O–H groups in total. The van der Waals surface area contributed by atoms with Crippen molar-refractivity contribution in [2.24, 2.45) is 5.41 Å². The molecule has 6 heteroatoms. The molecule has 41 heavy (non-hydrogen) atoms. The fourth-order valence-corrected chi connectivity index (χ4v) is 7.11. The highest BCUT2D eigenvalue weighted by Crippen LogP contribution is 2.61. The number of carbonyl (C=O) groups excluding carboxylic acids is 3. The molecular weight excluding hydrogens is 514 g/mol. The third-order valence-corrected chi connectivity index (χ3v) is 8.81. The molecule has 3 atom stereocenters. The number of Topliss-reactive ketones (excluding diaryl/α,β-unsaturated/α-hetero) is 3. The van der Waals surface area contributed by atoms with Gasteiger partial charge >= 0.3 is 0 Å².